The minimum atomic E-state index is 0. The van der Waals surface area contributed by atoms with Gasteiger partial charge in [-0.15, -0.1) is 0 Å². The molecule has 0 radical (unpaired) electrons. The molecular weight excluding hydrogens is 548 g/mol. The van der Waals surface area contributed by atoms with Crippen molar-refractivity contribution in [1.82, 2.24) is 26.3 Å². The van der Waals surface area contributed by atoms with Crippen LogP contribution < -0.4 is 21.3 Å². The third kappa shape index (κ3) is 10.6. The summed E-state index contributed by atoms with van der Waals surface area (Å²) in [5, 5.41) is 15.5. The van der Waals surface area contributed by atoms with Crippen molar-refractivity contribution in [3.63, 3.8) is 0 Å². The van der Waals surface area contributed by atoms with E-state index in [-0.39, 0.29) is 59.6 Å². The van der Waals surface area contributed by atoms with Crippen LogP contribution in [-0.2, 0) is 13.1 Å². The maximum atomic E-state index is 5.06. The first kappa shape index (κ1) is 34.8. The van der Waals surface area contributed by atoms with Crippen LogP contribution in [0.3, 0.4) is 0 Å². The number of hydrogen-bond donors (Lipinski definition) is 4. The van der Waals surface area contributed by atoms with E-state index in [2.05, 4.69) is 53.3 Å². The molecule has 0 aromatic carbocycles. The number of nitrogens with one attached hydrogen (secondary N) is 4. The fraction of sp³-hybridized carbons (Fsp3) is 0.750. The molecule has 1 aliphatic heterocycles. The van der Waals surface area contributed by atoms with E-state index in [1.54, 1.807) is 0 Å². The molecule has 0 spiro atoms. The zero-order chi connectivity index (χ0) is 22.1. The first-order valence-corrected chi connectivity index (χ1v) is 15.2. The summed E-state index contributed by atoms with van der Waals surface area (Å²) in [6, 6.07) is 9.34. The Kier molecular flexibility index (Phi) is 19.4. The van der Waals surface area contributed by atoms with Gasteiger partial charge in [-0.1, -0.05) is 31.7 Å². The summed E-state index contributed by atoms with van der Waals surface area (Å²) in [6.07, 6.45) is 10.4. The Labute approximate surface area is 237 Å². The molecule has 5 nitrogen and oxygen atoms in total. The average Bonchev–Trinajstić information content (AvgIpc) is 2.79. The Hall–Kier alpha value is 0.789. The van der Waals surface area contributed by atoms with Crippen molar-refractivity contribution in [2.45, 2.75) is 101 Å². The second-order valence-electron chi connectivity index (χ2n) is 9.22. The molecule has 10 heteroatoms. The minimum absolute atomic E-state index is 0. The third-order valence-corrected chi connectivity index (χ3v) is 7.08. The molecule has 3 aliphatic rings. The number of pyridine rings is 1. The summed E-state index contributed by atoms with van der Waals surface area (Å²) < 4.78 is 0. The van der Waals surface area contributed by atoms with Gasteiger partial charge in [0.05, 0.1) is 11.4 Å². The van der Waals surface area contributed by atoms with Gasteiger partial charge >= 0.3 is 33.3 Å². The molecule has 4 N–H and O–H groups in total. The zero-order valence-corrected chi connectivity index (χ0v) is 25.5. The van der Waals surface area contributed by atoms with Gasteiger partial charge < -0.3 is 28.7 Å². The molecule has 4 rings (SSSR count). The monoisotopic (exact) mass is 593 g/mol. The first-order valence-electron chi connectivity index (χ1n) is 11.9. The Morgan fingerprint density at radius 1 is 0.735 bits per heavy atom. The molecule has 2 saturated carbocycles. The number of hydrogen-bond acceptors (Lipinski definition) is 5. The Morgan fingerprint density at radius 2 is 1.09 bits per heavy atom. The molecule has 1 aromatic rings. The molecule has 0 amide bonds. The van der Waals surface area contributed by atoms with Crippen LogP contribution in [-0.4, -0.2) is 42.2 Å². The molecular formula is C24H46Cl2MnN5S2-. The zero-order valence-electron chi connectivity index (χ0n) is 20.8. The number of rotatable bonds is 0. The summed E-state index contributed by atoms with van der Waals surface area (Å²) in [5.41, 5.74) is 2.34. The Balaban J connectivity index is 0.00000173. The molecule has 34 heavy (non-hydrogen) atoms. The van der Waals surface area contributed by atoms with Crippen LogP contribution in [0.15, 0.2) is 18.2 Å². The van der Waals surface area contributed by atoms with Crippen LogP contribution in [0, 0.1) is 7.43 Å². The predicted molar refractivity (Wildman–Crippen MR) is 154 cm³/mol. The van der Waals surface area contributed by atoms with Crippen LogP contribution in [0.1, 0.15) is 88.7 Å². The first-order chi connectivity index (χ1) is 15.1. The SMILES string of the molecule is C[C@@H]1N[C@@H]2CCCC[C@H]2NCCN[C@@H]2CCCC[C@H]2N[C@@H](C)c2cccc1n2.S.S.[CH3-].[Cl][Mn][Cl]. The molecule has 1 aromatic heterocycles. The van der Waals surface area contributed by atoms with Gasteiger partial charge in [0.25, 0.3) is 0 Å². The molecule has 0 saturated heterocycles. The fourth-order valence-electron chi connectivity index (χ4n) is 5.43. The molecule has 2 fully saturated rings. The van der Waals surface area contributed by atoms with Crippen LogP contribution in [0.2, 0.25) is 0 Å². The summed E-state index contributed by atoms with van der Waals surface area (Å²) in [4.78, 5) is 5.06. The number of nitrogens with zero attached hydrogens (tertiary/aromatic N) is 1. The Morgan fingerprint density at radius 3 is 1.47 bits per heavy atom. The van der Waals surface area contributed by atoms with Crippen LogP contribution in [0.5, 0.6) is 0 Å². The summed E-state index contributed by atoms with van der Waals surface area (Å²) in [6.45, 7) is 6.66. The summed E-state index contributed by atoms with van der Waals surface area (Å²) >= 11 is 0.00694. The third-order valence-electron chi connectivity index (χ3n) is 7.08. The van der Waals surface area contributed by atoms with Gasteiger partial charge in [0, 0.05) is 49.3 Å². The van der Waals surface area contributed by atoms with Crippen LogP contribution in [0.25, 0.3) is 0 Å². The molecule has 6 atom stereocenters. The van der Waals surface area contributed by atoms with E-state index in [1.807, 2.05) is 0 Å². The van der Waals surface area contributed by atoms with Crippen molar-refractivity contribution >= 4 is 47.2 Å². The van der Waals surface area contributed by atoms with E-state index >= 15 is 0 Å². The van der Waals surface area contributed by atoms with Gasteiger partial charge in [-0.3, -0.25) is 4.98 Å². The van der Waals surface area contributed by atoms with Gasteiger partial charge in [-0.05, 0) is 51.7 Å². The molecule has 0 unspecified atom stereocenters. The Bertz CT molecular complexity index is 614. The molecule has 2 aliphatic carbocycles. The van der Waals surface area contributed by atoms with Crippen molar-refractivity contribution < 1.29 is 13.1 Å². The fourth-order valence-corrected chi connectivity index (χ4v) is 5.43. The topological polar surface area (TPSA) is 61.0 Å². The van der Waals surface area contributed by atoms with Crippen LogP contribution in [0.4, 0.5) is 0 Å². The second-order valence-corrected chi connectivity index (χ2v) is 11.2. The summed E-state index contributed by atoms with van der Waals surface area (Å²) in [5.74, 6) is 0. The van der Waals surface area contributed by atoms with Crippen molar-refractivity contribution in [2.24, 2.45) is 0 Å². The van der Waals surface area contributed by atoms with Gasteiger partial charge in [-0.2, -0.15) is 27.0 Å². The van der Waals surface area contributed by atoms with E-state index in [9.17, 15) is 0 Å². The second kappa shape index (κ2) is 18.9. The van der Waals surface area contributed by atoms with E-state index in [0.29, 0.717) is 24.2 Å². The van der Waals surface area contributed by atoms with Gasteiger partial charge in [-0.25, -0.2) is 0 Å². The van der Waals surface area contributed by atoms with Gasteiger partial charge in [0.15, 0.2) is 0 Å². The van der Waals surface area contributed by atoms with E-state index in [4.69, 9.17) is 25.2 Å². The van der Waals surface area contributed by atoms with E-state index in [1.165, 1.54) is 62.8 Å². The van der Waals surface area contributed by atoms with E-state index < -0.39 is 0 Å². The van der Waals surface area contributed by atoms with Crippen molar-refractivity contribution in [2.75, 3.05) is 13.1 Å². The molecule has 201 valence electrons. The maximum absolute atomic E-state index is 5.06. The van der Waals surface area contributed by atoms with Crippen molar-refractivity contribution in [1.29, 1.82) is 0 Å². The average molecular weight is 595 g/mol. The normalized spacial score (nSPS) is 31.6. The van der Waals surface area contributed by atoms with Gasteiger partial charge in [0.1, 0.15) is 0 Å². The van der Waals surface area contributed by atoms with E-state index in [0.717, 1.165) is 13.1 Å². The predicted octanol–water partition coefficient (Wildman–Crippen LogP) is 5.25. The number of fused-ring (bicyclic) bond motifs is 4. The standard InChI is InChI=1S/C23H39N5.CH3.2ClH.Mn.2H2S/c1-16-18-12-7-13-19(28-18)17(2)27-23-11-6-4-9-21(23)25-15-14-24-20-8-3-5-10-22(20)26-16;;;;;;/h7,12-13,16-17,20-27H,3-6,8-11,14-15H2,1-2H3;1H3;2*1H;;2*1H2/q;-1;;;+2;;/p-2/t16-,17-,20+,21+,22+,23+;;;;;;/m0....../s1. The number of aromatic nitrogens is 1. The van der Waals surface area contributed by atoms with Crippen molar-refractivity contribution in [3.8, 4) is 0 Å². The molecule has 2 bridgehead atoms. The van der Waals surface area contributed by atoms with Crippen molar-refractivity contribution in [3.05, 3.63) is 37.0 Å². The van der Waals surface area contributed by atoms with Gasteiger partial charge in [0.2, 0.25) is 0 Å². The quantitative estimate of drug-likeness (QED) is 0.244. The summed E-state index contributed by atoms with van der Waals surface area (Å²) in [7, 11) is 9.59. The number of halogens is 2. The molecule has 2 heterocycles. The van der Waals surface area contributed by atoms with Crippen LogP contribution >= 0.6 is 47.2 Å².